The molecule has 0 aliphatic heterocycles. The van der Waals surface area contributed by atoms with Crippen molar-refractivity contribution in [2.45, 2.75) is 44.9 Å². The fourth-order valence-corrected chi connectivity index (χ4v) is 4.29. The minimum Gasteiger partial charge on any atom is -0.361 e. The molecular weight excluding hydrogens is 360 g/mol. The number of aromatic amines is 1. The molecule has 1 saturated carbocycles. The molecule has 150 valence electrons. The highest BCUT2D eigenvalue weighted by atomic mass is 16.1. The molecule has 1 aliphatic carbocycles. The number of rotatable bonds is 7. The Morgan fingerprint density at radius 2 is 1.97 bits per heavy atom. The van der Waals surface area contributed by atoms with Crippen LogP contribution in [0.5, 0.6) is 0 Å². The number of nitrogens with one attached hydrogen (secondary N) is 2. The van der Waals surface area contributed by atoms with Crippen LogP contribution in [0, 0.1) is 5.92 Å². The molecule has 4 heteroatoms. The summed E-state index contributed by atoms with van der Waals surface area (Å²) in [7, 11) is 0. The average Bonchev–Trinajstić information content (AvgIpc) is 3.34. The van der Waals surface area contributed by atoms with E-state index < -0.39 is 0 Å². The van der Waals surface area contributed by atoms with Crippen LogP contribution in [0.3, 0.4) is 0 Å². The number of fused-ring (bicyclic) bond motifs is 1. The zero-order chi connectivity index (χ0) is 20.2. The molecule has 0 bridgehead atoms. The van der Waals surface area contributed by atoms with Gasteiger partial charge in [0.25, 0.3) is 0 Å². The van der Waals surface area contributed by atoms with Crippen LogP contribution in [0.4, 0.5) is 0 Å². The number of Topliss-reactive ketones (excluding diaryl/α,β-unsaturated/α-hetero) is 1. The highest BCUT2D eigenvalue weighted by molar-refractivity contribution is 5.85. The second kappa shape index (κ2) is 8.64. The van der Waals surface area contributed by atoms with Crippen molar-refractivity contribution in [3.8, 4) is 0 Å². The Morgan fingerprint density at radius 3 is 2.72 bits per heavy atom. The van der Waals surface area contributed by atoms with Crippen molar-refractivity contribution in [2.24, 2.45) is 5.92 Å². The quantitative estimate of drug-likeness (QED) is 0.624. The highest BCUT2D eigenvalue weighted by Gasteiger charge is 2.24. The standard InChI is InChI=1S/C25H28N2O2/c1-17(19-11-9-18(10-12-19)15-20-5-4-8-24(20)28)25(29)26-14-13-21-16-27-23-7-3-2-6-22(21)23/h2-3,6-7,9-12,16-17,20,27H,4-5,8,13-15H2,1H3,(H,26,29)/t17-,20+/m1/s1. The number of hydrogen-bond acceptors (Lipinski definition) is 2. The zero-order valence-electron chi connectivity index (χ0n) is 16.9. The topological polar surface area (TPSA) is 62.0 Å². The predicted molar refractivity (Wildman–Crippen MR) is 116 cm³/mol. The zero-order valence-corrected chi connectivity index (χ0v) is 16.9. The van der Waals surface area contributed by atoms with Crippen LogP contribution in [0.25, 0.3) is 10.9 Å². The molecule has 0 saturated heterocycles. The molecule has 1 heterocycles. The number of carbonyl (C=O) groups is 2. The van der Waals surface area contributed by atoms with Gasteiger partial charge < -0.3 is 10.3 Å². The first-order chi connectivity index (χ1) is 14.1. The molecule has 4 rings (SSSR count). The first-order valence-electron chi connectivity index (χ1n) is 10.6. The summed E-state index contributed by atoms with van der Waals surface area (Å²) in [5, 5.41) is 4.28. The molecule has 1 aliphatic rings. The number of amides is 1. The molecule has 2 aromatic carbocycles. The van der Waals surface area contributed by atoms with E-state index in [-0.39, 0.29) is 17.7 Å². The van der Waals surface area contributed by atoms with Gasteiger partial charge in [0.1, 0.15) is 5.78 Å². The highest BCUT2D eigenvalue weighted by Crippen LogP contribution is 2.26. The first-order valence-corrected chi connectivity index (χ1v) is 10.6. The van der Waals surface area contributed by atoms with E-state index in [0.29, 0.717) is 12.3 Å². The lowest BCUT2D eigenvalue weighted by molar-refractivity contribution is -0.122. The van der Waals surface area contributed by atoms with Crippen LogP contribution >= 0.6 is 0 Å². The molecule has 4 nitrogen and oxygen atoms in total. The van der Waals surface area contributed by atoms with Gasteiger partial charge in [-0.15, -0.1) is 0 Å². The third kappa shape index (κ3) is 4.42. The van der Waals surface area contributed by atoms with Gasteiger partial charge in [-0.05, 0) is 55.4 Å². The van der Waals surface area contributed by atoms with Crippen molar-refractivity contribution in [3.05, 3.63) is 71.4 Å². The average molecular weight is 389 g/mol. The molecule has 0 radical (unpaired) electrons. The van der Waals surface area contributed by atoms with Gasteiger partial charge in [-0.25, -0.2) is 0 Å². The third-order valence-electron chi connectivity index (χ3n) is 6.15. The summed E-state index contributed by atoms with van der Waals surface area (Å²) in [4.78, 5) is 27.7. The third-order valence-corrected chi connectivity index (χ3v) is 6.15. The maximum Gasteiger partial charge on any atom is 0.227 e. The lowest BCUT2D eigenvalue weighted by Gasteiger charge is -2.14. The predicted octanol–water partition coefficient (Wildman–Crippen LogP) is 4.54. The lowest BCUT2D eigenvalue weighted by Crippen LogP contribution is -2.29. The summed E-state index contributed by atoms with van der Waals surface area (Å²) < 4.78 is 0. The first kappa shape index (κ1) is 19.4. The van der Waals surface area contributed by atoms with Crippen molar-refractivity contribution < 1.29 is 9.59 Å². The van der Waals surface area contributed by atoms with Gasteiger partial charge in [-0.3, -0.25) is 9.59 Å². The van der Waals surface area contributed by atoms with E-state index in [4.69, 9.17) is 0 Å². The fraction of sp³-hybridized carbons (Fsp3) is 0.360. The molecule has 29 heavy (non-hydrogen) atoms. The molecule has 1 amide bonds. The van der Waals surface area contributed by atoms with E-state index in [1.807, 2.05) is 37.4 Å². The Kier molecular flexibility index (Phi) is 5.79. The van der Waals surface area contributed by atoms with Gasteiger partial charge in [-0.1, -0.05) is 42.5 Å². The van der Waals surface area contributed by atoms with Gasteiger partial charge in [0, 0.05) is 36.0 Å². The van der Waals surface area contributed by atoms with Crippen LogP contribution in [-0.2, 0) is 22.4 Å². The van der Waals surface area contributed by atoms with E-state index in [2.05, 4.69) is 34.6 Å². The number of benzene rings is 2. The summed E-state index contributed by atoms with van der Waals surface area (Å²) in [6, 6.07) is 16.4. The SMILES string of the molecule is C[C@@H](C(=O)NCCc1c[nH]c2ccccc12)c1ccc(C[C@@H]2CCCC2=O)cc1. The Bertz CT molecular complexity index is 1000. The molecule has 2 N–H and O–H groups in total. The van der Waals surface area contributed by atoms with E-state index >= 15 is 0 Å². The summed E-state index contributed by atoms with van der Waals surface area (Å²) in [5.41, 5.74) is 4.54. The summed E-state index contributed by atoms with van der Waals surface area (Å²) in [6.45, 7) is 2.56. The number of hydrogen-bond donors (Lipinski definition) is 2. The Morgan fingerprint density at radius 1 is 1.17 bits per heavy atom. The molecule has 1 fully saturated rings. The van der Waals surface area contributed by atoms with Crippen molar-refractivity contribution in [1.29, 1.82) is 0 Å². The summed E-state index contributed by atoms with van der Waals surface area (Å²) >= 11 is 0. The van der Waals surface area contributed by atoms with Crippen LogP contribution in [-0.4, -0.2) is 23.2 Å². The van der Waals surface area contributed by atoms with Crippen LogP contribution < -0.4 is 5.32 Å². The number of para-hydroxylation sites is 1. The molecular formula is C25H28N2O2. The van der Waals surface area contributed by atoms with Crippen molar-refractivity contribution >= 4 is 22.6 Å². The Balaban J connectivity index is 1.30. The Labute approximate surface area is 171 Å². The minimum absolute atomic E-state index is 0.0450. The van der Waals surface area contributed by atoms with Gasteiger partial charge in [0.05, 0.1) is 5.92 Å². The maximum absolute atomic E-state index is 12.6. The smallest absolute Gasteiger partial charge is 0.227 e. The largest absolute Gasteiger partial charge is 0.361 e. The van der Waals surface area contributed by atoms with Crippen molar-refractivity contribution in [2.75, 3.05) is 6.54 Å². The van der Waals surface area contributed by atoms with Gasteiger partial charge in [0.15, 0.2) is 0 Å². The normalized spacial score (nSPS) is 17.6. The molecule has 3 aromatic rings. The molecule has 2 atom stereocenters. The number of aromatic nitrogens is 1. The van der Waals surface area contributed by atoms with Crippen molar-refractivity contribution in [1.82, 2.24) is 10.3 Å². The van der Waals surface area contributed by atoms with E-state index in [9.17, 15) is 9.59 Å². The second-order valence-corrected chi connectivity index (χ2v) is 8.12. The fourth-order valence-electron chi connectivity index (χ4n) is 4.29. The van der Waals surface area contributed by atoms with Crippen molar-refractivity contribution in [3.63, 3.8) is 0 Å². The maximum atomic E-state index is 12.6. The number of ketones is 1. The minimum atomic E-state index is -0.194. The van der Waals surface area contributed by atoms with Gasteiger partial charge in [0.2, 0.25) is 5.91 Å². The molecule has 1 aromatic heterocycles. The van der Waals surface area contributed by atoms with Gasteiger partial charge in [-0.2, -0.15) is 0 Å². The van der Waals surface area contributed by atoms with Crippen LogP contribution in [0.2, 0.25) is 0 Å². The van der Waals surface area contributed by atoms with Crippen LogP contribution in [0.15, 0.2) is 54.7 Å². The molecule has 0 spiro atoms. The van der Waals surface area contributed by atoms with E-state index in [0.717, 1.165) is 43.2 Å². The van der Waals surface area contributed by atoms with E-state index in [1.54, 1.807) is 0 Å². The number of H-pyrrole nitrogens is 1. The van der Waals surface area contributed by atoms with Crippen LogP contribution in [0.1, 0.15) is 48.8 Å². The molecule has 0 unspecified atom stereocenters. The monoisotopic (exact) mass is 388 g/mol. The van der Waals surface area contributed by atoms with Gasteiger partial charge >= 0.3 is 0 Å². The second-order valence-electron chi connectivity index (χ2n) is 8.12. The lowest BCUT2D eigenvalue weighted by atomic mass is 9.94. The Hall–Kier alpha value is -2.88. The number of carbonyl (C=O) groups excluding carboxylic acids is 2. The summed E-state index contributed by atoms with van der Waals surface area (Å²) in [6.07, 6.45) is 6.42. The summed E-state index contributed by atoms with van der Waals surface area (Å²) in [5.74, 6) is 0.437. The van der Waals surface area contributed by atoms with E-state index in [1.165, 1.54) is 16.5 Å².